The number of aliphatic hydroxyl groups is 1. The van der Waals surface area contributed by atoms with E-state index in [1.165, 1.54) is 11.1 Å². The first-order chi connectivity index (χ1) is 16.0. The minimum atomic E-state index is -0.368. The van der Waals surface area contributed by atoms with Crippen LogP contribution < -0.4 is 15.8 Å². The Bertz CT molecular complexity index is 853. The van der Waals surface area contributed by atoms with Gasteiger partial charge in [-0.3, -0.25) is 4.79 Å². The van der Waals surface area contributed by atoms with Crippen LogP contribution in [0.1, 0.15) is 69.3 Å². The molecule has 1 aromatic heterocycles. The summed E-state index contributed by atoms with van der Waals surface area (Å²) >= 11 is 0. The Morgan fingerprint density at radius 2 is 1.94 bits per heavy atom. The van der Waals surface area contributed by atoms with Gasteiger partial charge in [0.15, 0.2) is 0 Å². The Labute approximate surface area is 198 Å². The fourth-order valence-corrected chi connectivity index (χ4v) is 3.66. The number of ether oxygens (including phenoxy) is 1. The molecule has 0 saturated carbocycles. The Kier molecular flexibility index (Phi) is 11.7. The van der Waals surface area contributed by atoms with Crippen molar-refractivity contribution >= 4 is 17.5 Å². The maximum Gasteiger partial charge on any atom is 0.308 e. The van der Waals surface area contributed by atoms with Crippen LogP contribution in [0.2, 0.25) is 0 Å². The lowest BCUT2D eigenvalue weighted by molar-refractivity contribution is -0.144. The molecule has 0 aliphatic heterocycles. The van der Waals surface area contributed by atoms with Gasteiger partial charge in [0.1, 0.15) is 5.82 Å². The van der Waals surface area contributed by atoms with E-state index in [0.717, 1.165) is 43.1 Å². The first-order valence-electron chi connectivity index (χ1n) is 12.1. The summed E-state index contributed by atoms with van der Waals surface area (Å²) in [4.78, 5) is 18.6. The molecule has 0 aliphatic carbocycles. The van der Waals surface area contributed by atoms with E-state index in [4.69, 9.17) is 14.8 Å². The predicted molar refractivity (Wildman–Crippen MR) is 134 cm³/mol. The van der Waals surface area contributed by atoms with E-state index in [9.17, 15) is 4.79 Å². The lowest BCUT2D eigenvalue weighted by atomic mass is 10.1. The highest BCUT2D eigenvalue weighted by molar-refractivity contribution is 5.69. The molecule has 0 spiro atoms. The number of esters is 1. The van der Waals surface area contributed by atoms with Crippen molar-refractivity contribution in [2.45, 2.75) is 65.8 Å². The molecule has 33 heavy (non-hydrogen) atoms. The van der Waals surface area contributed by atoms with Crippen molar-refractivity contribution in [1.29, 1.82) is 0 Å². The third-order valence-corrected chi connectivity index (χ3v) is 5.33. The van der Waals surface area contributed by atoms with Crippen molar-refractivity contribution < 1.29 is 14.6 Å². The average Bonchev–Trinajstić information content (AvgIpc) is 2.80. The monoisotopic (exact) mass is 456 g/mol. The number of aryl methyl sites for hydroxylation is 2. The fourth-order valence-electron chi connectivity index (χ4n) is 3.66. The summed E-state index contributed by atoms with van der Waals surface area (Å²) < 4.78 is 5.16. The molecule has 3 N–H and O–H groups in total. The number of pyridine rings is 1. The zero-order chi connectivity index (χ0) is 24.1. The van der Waals surface area contributed by atoms with E-state index in [1.54, 1.807) is 0 Å². The third kappa shape index (κ3) is 9.40. The topological polar surface area (TPSA) is 86.7 Å². The molecule has 0 fully saturated rings. The number of rotatable bonds is 15. The van der Waals surface area contributed by atoms with Gasteiger partial charge in [0.25, 0.3) is 0 Å². The second-order valence-electron chi connectivity index (χ2n) is 8.39. The smallest absolute Gasteiger partial charge is 0.308 e. The molecule has 1 unspecified atom stereocenters. The summed E-state index contributed by atoms with van der Waals surface area (Å²) in [6.07, 6.45) is 3.57. The second-order valence-corrected chi connectivity index (χ2v) is 8.39. The molecule has 0 radical (unpaired) electrons. The summed E-state index contributed by atoms with van der Waals surface area (Å²) in [6, 6.07) is 12.8. The number of aliphatic hydroxyl groups excluding tert-OH is 1. The molecular weight excluding hydrogens is 416 g/mol. The zero-order valence-corrected chi connectivity index (χ0v) is 20.6. The number of hydrogen-bond acceptors (Lipinski definition) is 7. The van der Waals surface area contributed by atoms with Crippen LogP contribution in [0.4, 0.5) is 11.5 Å². The minimum Gasteiger partial charge on any atom is -0.466 e. The summed E-state index contributed by atoms with van der Waals surface area (Å²) in [5.74, 6) is 0.407. The van der Waals surface area contributed by atoms with Crippen LogP contribution in [-0.2, 0) is 16.0 Å². The molecule has 1 atom stereocenters. The van der Waals surface area contributed by atoms with Gasteiger partial charge in [0.05, 0.1) is 19.6 Å². The van der Waals surface area contributed by atoms with E-state index < -0.39 is 0 Å². The van der Waals surface area contributed by atoms with Crippen molar-refractivity contribution in [3.8, 4) is 0 Å². The standard InChI is InChI=1S/C26H40N4O3/c1-5-13-30(14-6-2)24-18-23(11-8-16-33-26(32)12-15-31)27-25(19-24)29-28-21(4)22-10-7-9-20(3)17-22/h7,9-10,17-19,21,28,31H,5-6,8,11-16H2,1-4H3,(H,27,29). The van der Waals surface area contributed by atoms with Crippen molar-refractivity contribution in [2.24, 2.45) is 0 Å². The Balaban J connectivity index is 2.11. The van der Waals surface area contributed by atoms with Gasteiger partial charge in [-0.1, -0.05) is 43.7 Å². The maximum atomic E-state index is 11.5. The number of aromatic nitrogens is 1. The van der Waals surface area contributed by atoms with Gasteiger partial charge < -0.3 is 20.2 Å². The van der Waals surface area contributed by atoms with Crippen LogP contribution in [0.3, 0.4) is 0 Å². The van der Waals surface area contributed by atoms with Gasteiger partial charge in [-0.15, -0.1) is 0 Å². The van der Waals surface area contributed by atoms with Gasteiger partial charge >= 0.3 is 5.97 Å². The number of nitrogens with zero attached hydrogens (tertiary/aromatic N) is 2. The van der Waals surface area contributed by atoms with Crippen LogP contribution in [-0.4, -0.2) is 42.4 Å². The first kappa shape index (κ1) is 26.6. The molecule has 0 saturated heterocycles. The lowest BCUT2D eigenvalue weighted by Gasteiger charge is -2.25. The number of nitrogens with one attached hydrogen (secondary N) is 2. The SMILES string of the molecule is CCCN(CCC)c1cc(CCCOC(=O)CCO)nc(NNC(C)c2cccc(C)c2)c1. The van der Waals surface area contributed by atoms with Crippen LogP contribution in [0.15, 0.2) is 36.4 Å². The highest BCUT2D eigenvalue weighted by Gasteiger charge is 2.11. The molecule has 0 bridgehead atoms. The number of hydrazine groups is 1. The van der Waals surface area contributed by atoms with Gasteiger partial charge in [0, 0.05) is 36.6 Å². The molecule has 182 valence electrons. The molecular formula is C26H40N4O3. The van der Waals surface area contributed by atoms with E-state index in [2.05, 4.69) is 79.8 Å². The van der Waals surface area contributed by atoms with Crippen LogP contribution >= 0.6 is 0 Å². The largest absolute Gasteiger partial charge is 0.466 e. The summed E-state index contributed by atoms with van der Waals surface area (Å²) in [7, 11) is 0. The van der Waals surface area contributed by atoms with Gasteiger partial charge in [0.2, 0.25) is 0 Å². The van der Waals surface area contributed by atoms with E-state index >= 15 is 0 Å². The molecule has 7 nitrogen and oxygen atoms in total. The lowest BCUT2D eigenvalue weighted by Crippen LogP contribution is -2.28. The van der Waals surface area contributed by atoms with Gasteiger partial charge in [-0.05, 0) is 51.2 Å². The zero-order valence-electron chi connectivity index (χ0n) is 20.6. The predicted octanol–water partition coefficient (Wildman–Crippen LogP) is 4.55. The van der Waals surface area contributed by atoms with E-state index in [0.29, 0.717) is 19.4 Å². The second kappa shape index (κ2) is 14.5. The number of carbonyl (C=O) groups excluding carboxylic acids is 1. The third-order valence-electron chi connectivity index (χ3n) is 5.33. The Hall–Kier alpha value is -2.64. The summed E-state index contributed by atoms with van der Waals surface area (Å²) in [6.45, 7) is 10.7. The van der Waals surface area contributed by atoms with Crippen molar-refractivity contribution in [2.75, 3.05) is 36.6 Å². The number of anilines is 2. The summed E-state index contributed by atoms with van der Waals surface area (Å²) in [5.41, 5.74) is 11.2. The van der Waals surface area contributed by atoms with Gasteiger partial charge in [-0.2, -0.15) is 0 Å². The van der Waals surface area contributed by atoms with Crippen LogP contribution in [0.5, 0.6) is 0 Å². The maximum absolute atomic E-state index is 11.5. The number of benzene rings is 1. The number of hydrogen-bond donors (Lipinski definition) is 3. The average molecular weight is 457 g/mol. The highest BCUT2D eigenvalue weighted by Crippen LogP contribution is 2.22. The van der Waals surface area contributed by atoms with Crippen LogP contribution in [0.25, 0.3) is 0 Å². The molecule has 7 heteroatoms. The van der Waals surface area contributed by atoms with Crippen molar-refractivity contribution in [3.63, 3.8) is 0 Å². The van der Waals surface area contributed by atoms with Crippen molar-refractivity contribution in [3.05, 3.63) is 53.2 Å². The quantitative estimate of drug-likeness (QED) is 0.206. The van der Waals surface area contributed by atoms with Gasteiger partial charge in [-0.25, -0.2) is 10.4 Å². The summed E-state index contributed by atoms with van der Waals surface area (Å²) in [5, 5.41) is 8.82. The molecule has 1 heterocycles. The molecule has 1 aromatic carbocycles. The highest BCUT2D eigenvalue weighted by atomic mass is 16.5. The minimum absolute atomic E-state index is 0.0373. The Morgan fingerprint density at radius 3 is 2.61 bits per heavy atom. The Morgan fingerprint density at radius 1 is 1.18 bits per heavy atom. The van der Waals surface area contributed by atoms with E-state index in [-0.39, 0.29) is 25.0 Å². The molecule has 2 rings (SSSR count). The molecule has 2 aromatic rings. The molecule has 0 amide bonds. The first-order valence-corrected chi connectivity index (χ1v) is 12.1. The van der Waals surface area contributed by atoms with Crippen LogP contribution in [0, 0.1) is 6.92 Å². The van der Waals surface area contributed by atoms with E-state index in [1.807, 2.05) is 0 Å². The number of carbonyl (C=O) groups is 1. The molecule has 0 aliphatic rings. The van der Waals surface area contributed by atoms with Crippen molar-refractivity contribution in [1.82, 2.24) is 10.4 Å². The normalized spacial score (nSPS) is 11.8. The fraction of sp³-hybridized carbons (Fsp3) is 0.538.